The fourth-order valence-corrected chi connectivity index (χ4v) is 7.32. The van der Waals surface area contributed by atoms with Gasteiger partial charge in [0.1, 0.15) is 11.9 Å². The molecule has 0 amide bonds. The molecular formula is C21H28O4. The zero-order chi connectivity index (χ0) is 17.3. The van der Waals surface area contributed by atoms with Gasteiger partial charge in [-0.15, -0.1) is 0 Å². The number of hydrogen-bond acceptors (Lipinski definition) is 4. The molecule has 0 N–H and O–H groups in total. The highest BCUT2D eigenvalue weighted by atomic mass is 16.5. The van der Waals surface area contributed by atoms with Crippen molar-refractivity contribution >= 4 is 5.97 Å². The molecule has 0 radical (unpaired) electrons. The lowest BCUT2D eigenvalue weighted by atomic mass is 9.45. The maximum absolute atomic E-state index is 12.5. The Labute approximate surface area is 149 Å². The summed E-state index contributed by atoms with van der Waals surface area (Å²) in [5, 5.41) is 0. The monoisotopic (exact) mass is 344 g/mol. The van der Waals surface area contributed by atoms with Crippen LogP contribution in [0.1, 0.15) is 69.3 Å². The highest BCUT2D eigenvalue weighted by Crippen LogP contribution is 2.71. The second-order valence-corrected chi connectivity index (χ2v) is 8.74. The number of carbonyl (C=O) groups is 1. The maximum Gasteiger partial charge on any atom is 0.308 e. The van der Waals surface area contributed by atoms with Gasteiger partial charge in [-0.3, -0.25) is 4.79 Å². The molecule has 3 aliphatic carbocycles. The van der Waals surface area contributed by atoms with Crippen molar-refractivity contribution in [1.29, 1.82) is 0 Å². The van der Waals surface area contributed by atoms with Crippen LogP contribution in [0.3, 0.4) is 0 Å². The number of furan rings is 1. The van der Waals surface area contributed by atoms with Gasteiger partial charge in [0.05, 0.1) is 25.4 Å². The third-order valence-electron chi connectivity index (χ3n) is 8.25. The Morgan fingerprint density at radius 1 is 1.28 bits per heavy atom. The Morgan fingerprint density at radius 3 is 2.92 bits per heavy atom. The molecule has 8 atom stereocenters. The average molecular weight is 344 g/mol. The van der Waals surface area contributed by atoms with Gasteiger partial charge in [-0.05, 0) is 62.0 Å². The van der Waals surface area contributed by atoms with Gasteiger partial charge in [0.15, 0.2) is 0 Å². The van der Waals surface area contributed by atoms with Crippen LogP contribution in [0, 0.1) is 29.1 Å². The van der Waals surface area contributed by atoms with E-state index < -0.39 is 0 Å². The van der Waals surface area contributed by atoms with E-state index in [0.29, 0.717) is 23.7 Å². The van der Waals surface area contributed by atoms with E-state index in [1.54, 1.807) is 0 Å². The van der Waals surface area contributed by atoms with Gasteiger partial charge in [-0.1, -0.05) is 13.3 Å². The first-order chi connectivity index (χ1) is 12.1. The van der Waals surface area contributed by atoms with Gasteiger partial charge < -0.3 is 13.9 Å². The van der Waals surface area contributed by atoms with Crippen LogP contribution in [0.2, 0.25) is 0 Å². The van der Waals surface area contributed by atoms with Crippen molar-refractivity contribution in [2.45, 2.75) is 64.1 Å². The molecule has 2 saturated carbocycles. The second-order valence-electron chi connectivity index (χ2n) is 8.74. The first-order valence-electron chi connectivity index (χ1n) is 9.90. The van der Waals surface area contributed by atoms with Gasteiger partial charge >= 0.3 is 5.97 Å². The minimum Gasteiger partial charge on any atom is -0.469 e. The molecule has 136 valence electrons. The lowest BCUT2D eigenvalue weighted by molar-refractivity contribution is -0.159. The predicted octanol–water partition coefficient (Wildman–Crippen LogP) is 4.46. The van der Waals surface area contributed by atoms with Crippen LogP contribution in [0.15, 0.2) is 16.7 Å². The molecule has 3 fully saturated rings. The van der Waals surface area contributed by atoms with E-state index in [0.717, 1.165) is 25.0 Å². The van der Waals surface area contributed by atoms with Crippen LogP contribution in [0.5, 0.6) is 0 Å². The lowest BCUT2D eigenvalue weighted by Crippen LogP contribution is -2.55. The molecule has 4 heteroatoms. The minimum atomic E-state index is -0.0132. The summed E-state index contributed by atoms with van der Waals surface area (Å²) in [5.74, 6) is 3.09. The van der Waals surface area contributed by atoms with Crippen LogP contribution in [0.4, 0.5) is 0 Å². The topological polar surface area (TPSA) is 48.7 Å². The Bertz CT molecular complexity index is 694. The minimum absolute atomic E-state index is 0.0132. The first kappa shape index (κ1) is 15.9. The SMILES string of the molecule is COC(=O)[C@@H]1CCC[C@]23[C@H]4[C@@H](CC[C@H]12)[C@H](C)c1ccoc1[C@H]4O[C@@H]3C. The molecule has 25 heavy (non-hydrogen) atoms. The third kappa shape index (κ3) is 1.84. The Hall–Kier alpha value is -1.29. The number of hydrogen-bond donors (Lipinski definition) is 0. The van der Waals surface area contributed by atoms with Crippen molar-refractivity contribution in [3.8, 4) is 0 Å². The van der Waals surface area contributed by atoms with E-state index in [1.165, 1.54) is 25.5 Å². The summed E-state index contributed by atoms with van der Waals surface area (Å²) >= 11 is 0. The number of methoxy groups -OCH3 is 1. The summed E-state index contributed by atoms with van der Waals surface area (Å²) in [5.41, 5.74) is 1.44. The molecule has 4 aliphatic rings. The fraction of sp³-hybridized carbons (Fsp3) is 0.762. The van der Waals surface area contributed by atoms with Crippen molar-refractivity contribution in [3.63, 3.8) is 0 Å². The number of ether oxygens (including phenoxy) is 2. The first-order valence-corrected chi connectivity index (χ1v) is 9.90. The zero-order valence-corrected chi connectivity index (χ0v) is 15.4. The number of fused-ring (bicyclic) bond motifs is 2. The maximum atomic E-state index is 12.5. The molecule has 1 aromatic rings. The average Bonchev–Trinajstić information content (AvgIpc) is 3.22. The van der Waals surface area contributed by atoms with Gasteiger partial charge in [0.25, 0.3) is 0 Å². The molecule has 5 rings (SSSR count). The summed E-state index contributed by atoms with van der Waals surface area (Å²) in [7, 11) is 1.53. The summed E-state index contributed by atoms with van der Waals surface area (Å²) in [4.78, 5) is 12.5. The van der Waals surface area contributed by atoms with Crippen molar-refractivity contribution in [2.24, 2.45) is 29.1 Å². The van der Waals surface area contributed by atoms with Gasteiger partial charge in [0.2, 0.25) is 0 Å². The predicted molar refractivity (Wildman–Crippen MR) is 91.9 cm³/mol. The van der Waals surface area contributed by atoms with Crippen LogP contribution >= 0.6 is 0 Å². The van der Waals surface area contributed by atoms with E-state index in [4.69, 9.17) is 13.9 Å². The molecule has 0 unspecified atom stereocenters. The number of carbonyl (C=O) groups excluding carboxylic acids is 1. The summed E-state index contributed by atoms with van der Waals surface area (Å²) < 4.78 is 17.7. The van der Waals surface area contributed by atoms with E-state index in [-0.39, 0.29) is 29.5 Å². The molecule has 4 nitrogen and oxygen atoms in total. The van der Waals surface area contributed by atoms with E-state index in [2.05, 4.69) is 19.9 Å². The number of rotatable bonds is 1. The smallest absolute Gasteiger partial charge is 0.308 e. The number of esters is 1. The fourth-order valence-electron chi connectivity index (χ4n) is 7.32. The van der Waals surface area contributed by atoms with Crippen LogP contribution in [-0.2, 0) is 14.3 Å². The van der Waals surface area contributed by atoms with Crippen LogP contribution in [0.25, 0.3) is 0 Å². The van der Waals surface area contributed by atoms with Crippen LogP contribution < -0.4 is 0 Å². The molecule has 2 heterocycles. The Kier molecular flexibility index (Phi) is 3.41. The Morgan fingerprint density at radius 2 is 2.12 bits per heavy atom. The molecule has 0 bridgehead atoms. The van der Waals surface area contributed by atoms with Crippen molar-refractivity contribution in [2.75, 3.05) is 7.11 Å². The largest absolute Gasteiger partial charge is 0.469 e. The van der Waals surface area contributed by atoms with Gasteiger partial charge in [-0.2, -0.15) is 0 Å². The zero-order valence-electron chi connectivity index (χ0n) is 15.4. The van der Waals surface area contributed by atoms with E-state index in [9.17, 15) is 4.79 Å². The second kappa shape index (κ2) is 5.35. The molecule has 0 aromatic carbocycles. The molecule has 1 aliphatic heterocycles. The quantitative estimate of drug-likeness (QED) is 0.706. The third-order valence-corrected chi connectivity index (χ3v) is 8.25. The highest BCUT2D eigenvalue weighted by Gasteiger charge is 2.68. The summed E-state index contributed by atoms with van der Waals surface area (Å²) in [6.45, 7) is 4.59. The van der Waals surface area contributed by atoms with Gasteiger partial charge in [0, 0.05) is 11.3 Å². The van der Waals surface area contributed by atoms with Crippen LogP contribution in [-0.4, -0.2) is 19.2 Å². The van der Waals surface area contributed by atoms with E-state index in [1.807, 2.05) is 6.26 Å². The van der Waals surface area contributed by atoms with E-state index >= 15 is 0 Å². The molecule has 1 spiro atoms. The molecular weight excluding hydrogens is 316 g/mol. The normalized spacial score (nSPS) is 47.6. The van der Waals surface area contributed by atoms with Gasteiger partial charge in [-0.25, -0.2) is 0 Å². The molecule has 1 aromatic heterocycles. The van der Waals surface area contributed by atoms with Crippen molar-refractivity contribution in [1.82, 2.24) is 0 Å². The van der Waals surface area contributed by atoms with Crippen molar-refractivity contribution in [3.05, 3.63) is 23.7 Å². The summed E-state index contributed by atoms with van der Waals surface area (Å²) in [6, 6.07) is 2.14. The Balaban J connectivity index is 1.63. The highest BCUT2D eigenvalue weighted by molar-refractivity contribution is 5.73. The lowest BCUT2D eigenvalue weighted by Gasteiger charge is -2.57. The standard InChI is InChI=1S/C21H28O4/c1-11-13-6-7-16-15(20(22)23-3)5-4-9-21(16)12(2)25-19(17(13)21)18-14(11)8-10-24-18/h8,10-13,15-17,19H,4-7,9H2,1-3H3/t11-,12+,13-,15+,16+,17-,19-,21+/m0/s1. The molecule has 1 saturated heterocycles. The van der Waals surface area contributed by atoms with Crippen molar-refractivity contribution < 1.29 is 18.7 Å². The summed E-state index contributed by atoms with van der Waals surface area (Å²) in [6.07, 6.45) is 7.61.